The second-order valence-corrected chi connectivity index (χ2v) is 4.66. The summed E-state index contributed by atoms with van der Waals surface area (Å²) in [4.78, 5) is 10.5. The van der Waals surface area contributed by atoms with E-state index >= 15 is 0 Å². The molecule has 0 rings (SSSR count). The van der Waals surface area contributed by atoms with Crippen LogP contribution < -0.4 is 5.32 Å². The van der Waals surface area contributed by atoms with Crippen LogP contribution in [0.25, 0.3) is 0 Å². The first-order valence-corrected chi connectivity index (χ1v) is 6.10. The van der Waals surface area contributed by atoms with Crippen LogP contribution in [0.15, 0.2) is 23.4 Å². The van der Waals surface area contributed by atoms with E-state index in [0.717, 1.165) is 29.9 Å². The Kier molecular flexibility index (Phi) is 8.59. The van der Waals surface area contributed by atoms with E-state index in [1.165, 1.54) is 19.3 Å². The lowest BCUT2D eigenvalue weighted by Gasteiger charge is -2.04. The molecule has 0 aliphatic heterocycles. The van der Waals surface area contributed by atoms with E-state index in [9.17, 15) is 4.79 Å². The normalized spacial score (nSPS) is 13.1. The largest absolute Gasteiger partial charge is 0.391 e. The molecule has 0 aliphatic carbocycles. The van der Waals surface area contributed by atoms with E-state index in [-0.39, 0.29) is 0 Å². The summed E-state index contributed by atoms with van der Waals surface area (Å²) in [5, 5.41) is 3.24. The fraction of sp³-hybridized carbons (Fsp3) is 0.643. The van der Waals surface area contributed by atoms with Crippen molar-refractivity contribution in [3.63, 3.8) is 0 Å². The highest BCUT2D eigenvalue weighted by Gasteiger charge is 1.93. The maximum atomic E-state index is 10.5. The molecule has 0 amide bonds. The first-order chi connectivity index (χ1) is 7.57. The van der Waals surface area contributed by atoms with Gasteiger partial charge in [0.2, 0.25) is 0 Å². The summed E-state index contributed by atoms with van der Waals surface area (Å²) in [6.45, 7) is 9.29. The van der Waals surface area contributed by atoms with Crippen LogP contribution in [0.2, 0.25) is 0 Å². The summed E-state index contributed by atoms with van der Waals surface area (Å²) in [5.41, 5.74) is 1.81. The third kappa shape index (κ3) is 8.27. The second-order valence-electron chi connectivity index (χ2n) is 4.66. The molecule has 2 heteroatoms. The Morgan fingerprint density at radius 3 is 2.44 bits per heavy atom. The monoisotopic (exact) mass is 223 g/mol. The molecule has 1 N–H and O–H groups in total. The van der Waals surface area contributed by atoms with Gasteiger partial charge in [-0.25, -0.2) is 0 Å². The summed E-state index contributed by atoms with van der Waals surface area (Å²) >= 11 is 0. The molecule has 0 bridgehead atoms. The Hall–Kier alpha value is -1.05. The SMILES string of the molecule is C/C(C=O)=C(C)/C=C\NCCCCC(C)C. The van der Waals surface area contributed by atoms with Crippen molar-refractivity contribution >= 4 is 6.29 Å². The molecular formula is C14H25NO. The fourth-order valence-electron chi connectivity index (χ4n) is 1.27. The lowest BCUT2D eigenvalue weighted by Crippen LogP contribution is -2.07. The van der Waals surface area contributed by atoms with Gasteiger partial charge in [-0.2, -0.15) is 0 Å². The van der Waals surface area contributed by atoms with Gasteiger partial charge in [0.15, 0.2) is 0 Å². The summed E-state index contributed by atoms with van der Waals surface area (Å²) < 4.78 is 0. The number of carbonyl (C=O) groups is 1. The van der Waals surface area contributed by atoms with Crippen molar-refractivity contribution in [1.82, 2.24) is 5.32 Å². The van der Waals surface area contributed by atoms with Crippen molar-refractivity contribution in [2.45, 2.75) is 47.0 Å². The molecule has 0 fully saturated rings. The fourth-order valence-corrected chi connectivity index (χ4v) is 1.27. The van der Waals surface area contributed by atoms with Gasteiger partial charge in [0.25, 0.3) is 0 Å². The minimum Gasteiger partial charge on any atom is -0.391 e. The molecule has 0 spiro atoms. The van der Waals surface area contributed by atoms with Crippen LogP contribution in [0.3, 0.4) is 0 Å². The van der Waals surface area contributed by atoms with E-state index in [4.69, 9.17) is 0 Å². The smallest absolute Gasteiger partial charge is 0.146 e. The standard InChI is InChI=1S/C14H25NO/c1-12(2)7-5-6-9-15-10-8-13(3)14(4)11-16/h8,10-12,15H,5-7,9H2,1-4H3/b10-8-,14-13-. The molecule has 0 saturated carbocycles. The van der Waals surface area contributed by atoms with Gasteiger partial charge in [-0.15, -0.1) is 0 Å². The van der Waals surface area contributed by atoms with Gasteiger partial charge < -0.3 is 5.32 Å². The van der Waals surface area contributed by atoms with Gasteiger partial charge in [0.1, 0.15) is 6.29 Å². The maximum Gasteiger partial charge on any atom is 0.146 e. The molecule has 0 radical (unpaired) electrons. The first kappa shape index (κ1) is 14.9. The van der Waals surface area contributed by atoms with Crippen molar-refractivity contribution < 1.29 is 4.79 Å². The first-order valence-electron chi connectivity index (χ1n) is 6.10. The zero-order valence-electron chi connectivity index (χ0n) is 11.0. The predicted molar refractivity (Wildman–Crippen MR) is 70.3 cm³/mol. The van der Waals surface area contributed by atoms with Crippen LogP contribution in [0, 0.1) is 5.92 Å². The van der Waals surface area contributed by atoms with Crippen LogP contribution in [-0.4, -0.2) is 12.8 Å². The third-order valence-electron chi connectivity index (χ3n) is 2.60. The minimum absolute atomic E-state index is 0.790. The molecule has 0 aliphatic rings. The highest BCUT2D eigenvalue weighted by atomic mass is 16.1. The van der Waals surface area contributed by atoms with E-state index < -0.39 is 0 Å². The number of unbranched alkanes of at least 4 members (excludes halogenated alkanes) is 1. The highest BCUT2D eigenvalue weighted by molar-refractivity contribution is 5.74. The quantitative estimate of drug-likeness (QED) is 0.295. The molecule has 0 saturated heterocycles. The summed E-state index contributed by atoms with van der Waals surface area (Å²) in [7, 11) is 0. The molecule has 0 atom stereocenters. The average Bonchev–Trinajstić information content (AvgIpc) is 2.25. The topological polar surface area (TPSA) is 29.1 Å². The van der Waals surface area contributed by atoms with Gasteiger partial charge in [-0.05, 0) is 49.6 Å². The highest BCUT2D eigenvalue weighted by Crippen LogP contribution is 2.05. The second kappa shape index (κ2) is 9.20. The Bertz CT molecular complexity index is 251. The van der Waals surface area contributed by atoms with Crippen molar-refractivity contribution in [3.8, 4) is 0 Å². The third-order valence-corrected chi connectivity index (χ3v) is 2.60. The van der Waals surface area contributed by atoms with Gasteiger partial charge >= 0.3 is 0 Å². The van der Waals surface area contributed by atoms with E-state index in [2.05, 4.69) is 19.2 Å². The molecule has 2 nitrogen and oxygen atoms in total. The predicted octanol–water partition coefficient (Wildman–Crippen LogP) is 3.45. The maximum absolute atomic E-state index is 10.5. The van der Waals surface area contributed by atoms with Crippen LogP contribution in [0.1, 0.15) is 47.0 Å². The molecule has 0 heterocycles. The Morgan fingerprint density at radius 1 is 1.19 bits per heavy atom. The van der Waals surface area contributed by atoms with E-state index in [1.54, 1.807) is 0 Å². The number of nitrogens with one attached hydrogen (secondary N) is 1. The van der Waals surface area contributed by atoms with Crippen LogP contribution in [0.4, 0.5) is 0 Å². The number of rotatable bonds is 8. The zero-order chi connectivity index (χ0) is 12.4. The number of hydrogen-bond acceptors (Lipinski definition) is 2. The molecule has 0 aromatic carbocycles. The lowest BCUT2D eigenvalue weighted by molar-refractivity contribution is -0.104. The molecule has 0 unspecified atom stereocenters. The average molecular weight is 223 g/mol. The van der Waals surface area contributed by atoms with E-state index in [1.807, 2.05) is 26.1 Å². The van der Waals surface area contributed by atoms with Gasteiger partial charge in [-0.1, -0.05) is 26.7 Å². The van der Waals surface area contributed by atoms with E-state index in [0.29, 0.717) is 0 Å². The number of carbonyl (C=O) groups excluding carboxylic acids is 1. The summed E-state index contributed by atoms with van der Waals surface area (Å²) in [6.07, 6.45) is 8.55. The molecular weight excluding hydrogens is 198 g/mol. The Balaban J connectivity index is 3.59. The zero-order valence-corrected chi connectivity index (χ0v) is 11.0. The molecule has 0 aromatic heterocycles. The van der Waals surface area contributed by atoms with Crippen LogP contribution in [-0.2, 0) is 4.79 Å². The van der Waals surface area contributed by atoms with Crippen molar-refractivity contribution in [1.29, 1.82) is 0 Å². The Morgan fingerprint density at radius 2 is 1.88 bits per heavy atom. The lowest BCUT2D eigenvalue weighted by atomic mass is 10.1. The van der Waals surface area contributed by atoms with Crippen molar-refractivity contribution in [2.24, 2.45) is 5.92 Å². The molecule has 16 heavy (non-hydrogen) atoms. The van der Waals surface area contributed by atoms with Crippen molar-refractivity contribution in [3.05, 3.63) is 23.4 Å². The number of allylic oxidation sites excluding steroid dienone is 3. The van der Waals surface area contributed by atoms with Crippen molar-refractivity contribution in [2.75, 3.05) is 6.54 Å². The molecule has 0 aromatic rings. The molecule has 92 valence electrons. The van der Waals surface area contributed by atoms with Gasteiger partial charge in [-0.3, -0.25) is 4.79 Å². The van der Waals surface area contributed by atoms with Gasteiger partial charge in [0, 0.05) is 6.54 Å². The Labute approximate surface area is 99.8 Å². The van der Waals surface area contributed by atoms with Crippen LogP contribution in [0.5, 0.6) is 0 Å². The van der Waals surface area contributed by atoms with Gasteiger partial charge in [0.05, 0.1) is 0 Å². The van der Waals surface area contributed by atoms with Crippen LogP contribution >= 0.6 is 0 Å². The number of aldehydes is 1. The summed E-state index contributed by atoms with van der Waals surface area (Å²) in [6, 6.07) is 0. The minimum atomic E-state index is 0.790. The number of hydrogen-bond donors (Lipinski definition) is 1. The summed E-state index contributed by atoms with van der Waals surface area (Å²) in [5.74, 6) is 0.802.